The second-order valence-corrected chi connectivity index (χ2v) is 4.04. The summed E-state index contributed by atoms with van der Waals surface area (Å²) in [6, 6.07) is 1.65. The molecule has 20 heavy (non-hydrogen) atoms. The summed E-state index contributed by atoms with van der Waals surface area (Å²) in [6.07, 6.45) is 1.41. The first kappa shape index (κ1) is 15.9. The number of nitrogen functional groups attached to an aromatic ring is 1. The van der Waals surface area contributed by atoms with Gasteiger partial charge in [0.25, 0.3) is 5.91 Å². The molecule has 0 aliphatic carbocycles. The van der Waals surface area contributed by atoms with Crippen molar-refractivity contribution in [1.82, 2.24) is 15.6 Å². The third-order valence-corrected chi connectivity index (χ3v) is 2.48. The van der Waals surface area contributed by atoms with Gasteiger partial charge in [0.2, 0.25) is 5.91 Å². The Morgan fingerprint density at radius 3 is 2.80 bits per heavy atom. The summed E-state index contributed by atoms with van der Waals surface area (Å²) in [6.45, 7) is 2.47. The first-order valence-corrected chi connectivity index (χ1v) is 6.05. The highest BCUT2D eigenvalue weighted by Crippen LogP contribution is 2.13. The summed E-state index contributed by atoms with van der Waals surface area (Å²) in [4.78, 5) is 27.4. The maximum Gasteiger partial charge on any atom is 0.255 e. The Hall–Kier alpha value is -2.19. The van der Waals surface area contributed by atoms with Gasteiger partial charge in [-0.05, 0) is 13.0 Å². The van der Waals surface area contributed by atoms with Gasteiger partial charge in [0.1, 0.15) is 0 Å². The molecule has 0 aliphatic rings. The molecule has 0 saturated carbocycles. The monoisotopic (exact) mass is 281 g/mol. The quantitative estimate of drug-likeness (QED) is 0.294. The number of pyridine rings is 1. The normalized spacial score (nSPS) is 9.95. The molecule has 1 aromatic rings. The molecule has 0 aliphatic heterocycles. The van der Waals surface area contributed by atoms with Gasteiger partial charge in [0.05, 0.1) is 24.4 Å². The summed E-state index contributed by atoms with van der Waals surface area (Å²) in [5.41, 5.74) is 3.89. The van der Waals surface area contributed by atoms with E-state index in [0.717, 1.165) is 5.69 Å². The van der Waals surface area contributed by atoms with Crippen LogP contribution in [-0.4, -0.2) is 43.6 Å². The van der Waals surface area contributed by atoms with Gasteiger partial charge in [-0.2, -0.15) is 0 Å². The lowest BCUT2D eigenvalue weighted by molar-refractivity contribution is -0.120. The number of aryl methyl sites for hydroxylation is 1. The fourth-order valence-corrected chi connectivity index (χ4v) is 1.47. The van der Waals surface area contributed by atoms with Gasteiger partial charge in [-0.15, -0.1) is 0 Å². The Balaban J connectivity index is 2.52. The zero-order valence-electron chi connectivity index (χ0n) is 11.5. The largest absolute Gasteiger partial charge is 0.383 e. The Bertz CT molecular complexity index is 478. The first-order valence-electron chi connectivity index (χ1n) is 6.05. The van der Waals surface area contributed by atoms with Crippen LogP contribution in [0.1, 0.15) is 16.1 Å². The number of nitrogens with zero attached hydrogens (tertiary/aromatic N) is 1. The molecule has 0 unspecified atom stereocenters. The lowest BCUT2D eigenvalue weighted by Crippen LogP contribution is -2.38. The molecule has 0 fully saturated rings. The third kappa shape index (κ3) is 4.82. The number of hydrazine groups is 1. The number of amides is 2. The number of nitrogens with one attached hydrogen (secondary N) is 3. The molecule has 2 amide bonds. The van der Waals surface area contributed by atoms with Gasteiger partial charge in [-0.1, -0.05) is 0 Å². The topological polar surface area (TPSA) is 118 Å². The number of hydrogen-bond acceptors (Lipinski definition) is 6. The van der Waals surface area contributed by atoms with E-state index in [1.807, 2.05) is 0 Å². The van der Waals surface area contributed by atoms with Crippen molar-refractivity contribution in [1.29, 1.82) is 0 Å². The second-order valence-electron chi connectivity index (χ2n) is 4.04. The number of ether oxygens (including phenoxy) is 1. The van der Waals surface area contributed by atoms with Crippen molar-refractivity contribution in [2.24, 2.45) is 5.84 Å². The lowest BCUT2D eigenvalue weighted by Gasteiger charge is -2.10. The molecule has 1 heterocycles. The number of hydrogen-bond donors (Lipinski definition) is 4. The van der Waals surface area contributed by atoms with E-state index in [4.69, 9.17) is 10.6 Å². The molecule has 8 nitrogen and oxygen atoms in total. The Morgan fingerprint density at radius 2 is 2.15 bits per heavy atom. The van der Waals surface area contributed by atoms with E-state index in [1.54, 1.807) is 20.1 Å². The highest BCUT2D eigenvalue weighted by molar-refractivity contribution is 6.00. The molecular formula is C12H19N5O3. The standard InChI is InChI=1S/C12H19N5O3/c1-8-5-10(17-13)9(6-15-8)12(19)16-7-11(18)14-3-4-20-2/h5-6H,3-4,7,13H2,1-2H3,(H,14,18)(H,15,17)(H,16,19). The van der Waals surface area contributed by atoms with Crippen LogP contribution in [0.2, 0.25) is 0 Å². The molecule has 0 bridgehead atoms. The number of carbonyl (C=O) groups is 2. The van der Waals surface area contributed by atoms with E-state index in [2.05, 4.69) is 21.0 Å². The minimum atomic E-state index is -0.424. The van der Waals surface area contributed by atoms with E-state index >= 15 is 0 Å². The molecule has 8 heteroatoms. The number of aromatic nitrogens is 1. The molecular weight excluding hydrogens is 262 g/mol. The first-order chi connectivity index (χ1) is 9.58. The lowest BCUT2D eigenvalue weighted by atomic mass is 10.2. The fraction of sp³-hybridized carbons (Fsp3) is 0.417. The fourth-order valence-electron chi connectivity index (χ4n) is 1.47. The van der Waals surface area contributed by atoms with Gasteiger partial charge in [0.15, 0.2) is 0 Å². The van der Waals surface area contributed by atoms with Crippen LogP contribution in [0.4, 0.5) is 5.69 Å². The number of nitrogens with two attached hydrogens (primary N) is 1. The zero-order chi connectivity index (χ0) is 15.0. The van der Waals surface area contributed by atoms with Gasteiger partial charge < -0.3 is 20.8 Å². The SMILES string of the molecule is COCCNC(=O)CNC(=O)c1cnc(C)cc1NN. The molecule has 5 N–H and O–H groups in total. The number of rotatable bonds is 7. The summed E-state index contributed by atoms with van der Waals surface area (Å²) in [5.74, 6) is 4.63. The molecule has 0 spiro atoms. The van der Waals surface area contributed by atoms with Crippen molar-refractivity contribution in [3.05, 3.63) is 23.5 Å². The van der Waals surface area contributed by atoms with Crippen molar-refractivity contribution in [3.8, 4) is 0 Å². The van der Waals surface area contributed by atoms with Crippen molar-refractivity contribution >= 4 is 17.5 Å². The van der Waals surface area contributed by atoms with E-state index < -0.39 is 5.91 Å². The molecule has 1 rings (SSSR count). The molecule has 0 saturated heterocycles. The van der Waals surface area contributed by atoms with E-state index in [1.165, 1.54) is 6.20 Å². The van der Waals surface area contributed by atoms with Crippen LogP contribution in [-0.2, 0) is 9.53 Å². The summed E-state index contributed by atoms with van der Waals surface area (Å²) in [5, 5.41) is 5.09. The maximum absolute atomic E-state index is 11.9. The smallest absolute Gasteiger partial charge is 0.255 e. The van der Waals surface area contributed by atoms with Crippen LogP contribution in [0.3, 0.4) is 0 Å². The highest BCUT2D eigenvalue weighted by Gasteiger charge is 2.12. The summed E-state index contributed by atoms with van der Waals surface area (Å²) >= 11 is 0. The van der Waals surface area contributed by atoms with Crippen molar-refractivity contribution < 1.29 is 14.3 Å². The number of carbonyl (C=O) groups excluding carboxylic acids is 2. The molecule has 110 valence electrons. The van der Waals surface area contributed by atoms with Crippen molar-refractivity contribution in [2.45, 2.75) is 6.92 Å². The summed E-state index contributed by atoms with van der Waals surface area (Å²) in [7, 11) is 1.54. The maximum atomic E-state index is 11.9. The minimum Gasteiger partial charge on any atom is -0.383 e. The molecule has 0 aromatic carbocycles. The third-order valence-electron chi connectivity index (χ3n) is 2.48. The average Bonchev–Trinajstić information content (AvgIpc) is 2.44. The number of methoxy groups -OCH3 is 1. The molecule has 0 atom stereocenters. The van der Waals surface area contributed by atoms with Crippen LogP contribution in [0.25, 0.3) is 0 Å². The van der Waals surface area contributed by atoms with Gasteiger partial charge in [0, 0.05) is 25.5 Å². The predicted molar refractivity (Wildman–Crippen MR) is 74.0 cm³/mol. The van der Waals surface area contributed by atoms with E-state index in [9.17, 15) is 9.59 Å². The number of anilines is 1. The van der Waals surface area contributed by atoms with E-state index in [-0.39, 0.29) is 18.0 Å². The highest BCUT2D eigenvalue weighted by atomic mass is 16.5. The Labute approximate surface area is 117 Å². The average molecular weight is 281 g/mol. The minimum absolute atomic E-state index is 0.125. The van der Waals surface area contributed by atoms with Crippen LogP contribution in [0.5, 0.6) is 0 Å². The van der Waals surface area contributed by atoms with E-state index in [0.29, 0.717) is 18.8 Å². The predicted octanol–water partition coefficient (Wildman–Crippen LogP) is -0.832. The van der Waals surface area contributed by atoms with Crippen LogP contribution < -0.4 is 21.9 Å². The van der Waals surface area contributed by atoms with Gasteiger partial charge >= 0.3 is 0 Å². The van der Waals surface area contributed by atoms with Crippen molar-refractivity contribution in [2.75, 3.05) is 32.2 Å². The second kappa shape index (κ2) is 8.08. The molecule has 0 radical (unpaired) electrons. The Kier molecular flexibility index (Phi) is 6.41. The van der Waals surface area contributed by atoms with Crippen LogP contribution >= 0.6 is 0 Å². The summed E-state index contributed by atoms with van der Waals surface area (Å²) < 4.78 is 4.80. The van der Waals surface area contributed by atoms with Gasteiger partial charge in [-0.3, -0.25) is 20.4 Å². The molecule has 1 aromatic heterocycles. The van der Waals surface area contributed by atoms with Crippen LogP contribution in [0.15, 0.2) is 12.3 Å². The Morgan fingerprint density at radius 1 is 1.40 bits per heavy atom. The van der Waals surface area contributed by atoms with Gasteiger partial charge in [-0.25, -0.2) is 0 Å². The van der Waals surface area contributed by atoms with Crippen molar-refractivity contribution in [3.63, 3.8) is 0 Å². The van der Waals surface area contributed by atoms with Crippen LogP contribution in [0, 0.1) is 6.92 Å². The zero-order valence-corrected chi connectivity index (χ0v) is 11.5.